The average Bonchev–Trinajstić information content (AvgIpc) is 2.89. The Labute approximate surface area is 99.8 Å². The lowest BCUT2D eigenvalue weighted by molar-refractivity contribution is 0.164. The number of para-hydroxylation sites is 1. The summed E-state index contributed by atoms with van der Waals surface area (Å²) in [4.78, 5) is 0. The number of benzene rings is 1. The maximum Gasteiger partial charge on any atom is 0.174 e. The first-order valence-electron chi connectivity index (χ1n) is 5.60. The molecule has 0 fully saturated rings. The van der Waals surface area contributed by atoms with Crippen LogP contribution in [0.15, 0.2) is 41.1 Å². The molecule has 4 heteroatoms. The van der Waals surface area contributed by atoms with E-state index in [2.05, 4.69) is 5.16 Å². The molecule has 0 aliphatic heterocycles. The highest BCUT2D eigenvalue weighted by molar-refractivity contribution is 5.35. The average molecular weight is 233 g/mol. The zero-order chi connectivity index (χ0) is 12.1. The fraction of sp³-hybridized carbons (Fsp3) is 0.308. The summed E-state index contributed by atoms with van der Waals surface area (Å²) in [6.45, 7) is 2.24. The summed E-state index contributed by atoms with van der Waals surface area (Å²) < 4.78 is 10.6. The Morgan fingerprint density at radius 1 is 1.35 bits per heavy atom. The molecule has 2 rings (SSSR count). The van der Waals surface area contributed by atoms with Gasteiger partial charge in [-0.25, -0.2) is 0 Å². The fourth-order valence-electron chi connectivity index (χ4n) is 1.57. The first-order valence-corrected chi connectivity index (χ1v) is 5.60. The van der Waals surface area contributed by atoms with Gasteiger partial charge in [-0.1, -0.05) is 30.3 Å². The van der Waals surface area contributed by atoms with Crippen LogP contribution in [0, 0.1) is 0 Å². The largest absolute Gasteiger partial charge is 0.485 e. The van der Waals surface area contributed by atoms with E-state index in [0.717, 1.165) is 5.56 Å². The summed E-state index contributed by atoms with van der Waals surface area (Å²) in [5.41, 5.74) is 0.800. The molecule has 1 atom stereocenters. The number of nitrogens with zero attached hydrogens (tertiary/aromatic N) is 1. The molecule has 17 heavy (non-hydrogen) atoms. The van der Waals surface area contributed by atoms with E-state index in [1.807, 2.05) is 31.2 Å². The lowest BCUT2D eigenvalue weighted by Crippen LogP contribution is -2.01. The molecule has 0 saturated carbocycles. The van der Waals surface area contributed by atoms with Crippen molar-refractivity contribution in [2.75, 3.05) is 0 Å². The van der Waals surface area contributed by atoms with Crippen molar-refractivity contribution in [2.45, 2.75) is 26.1 Å². The van der Waals surface area contributed by atoms with Crippen molar-refractivity contribution < 1.29 is 14.4 Å². The van der Waals surface area contributed by atoms with E-state index in [1.165, 1.54) is 0 Å². The standard InChI is InChI=1S/C13H15NO3/c1-2-12(15)11-5-3-4-6-13(11)16-9-10-7-8-14-17-10/h3-8,12,15H,2,9H2,1H3/t12-/m0/s1. The number of aliphatic hydroxyl groups is 1. The van der Waals surface area contributed by atoms with Crippen molar-refractivity contribution in [1.82, 2.24) is 5.16 Å². The van der Waals surface area contributed by atoms with Gasteiger partial charge in [-0.2, -0.15) is 0 Å². The minimum Gasteiger partial charge on any atom is -0.485 e. The van der Waals surface area contributed by atoms with E-state index < -0.39 is 6.10 Å². The Kier molecular flexibility index (Phi) is 3.77. The second kappa shape index (κ2) is 5.50. The summed E-state index contributed by atoms with van der Waals surface area (Å²) in [6, 6.07) is 9.21. The van der Waals surface area contributed by atoms with Crippen LogP contribution in [-0.4, -0.2) is 10.3 Å². The molecule has 0 saturated heterocycles. The van der Waals surface area contributed by atoms with Crippen molar-refractivity contribution in [2.24, 2.45) is 0 Å². The fourth-order valence-corrected chi connectivity index (χ4v) is 1.57. The minimum atomic E-state index is -0.499. The molecule has 0 aliphatic rings. The van der Waals surface area contributed by atoms with E-state index >= 15 is 0 Å². The molecule has 4 nitrogen and oxygen atoms in total. The normalized spacial score (nSPS) is 12.4. The van der Waals surface area contributed by atoms with Gasteiger partial charge in [-0.3, -0.25) is 0 Å². The Morgan fingerprint density at radius 2 is 2.18 bits per heavy atom. The van der Waals surface area contributed by atoms with Crippen LogP contribution in [-0.2, 0) is 6.61 Å². The highest BCUT2D eigenvalue weighted by Gasteiger charge is 2.11. The van der Waals surface area contributed by atoms with Gasteiger partial charge in [-0.05, 0) is 12.5 Å². The van der Waals surface area contributed by atoms with Gasteiger partial charge in [0.2, 0.25) is 0 Å². The third kappa shape index (κ3) is 2.85. The molecule has 1 aromatic carbocycles. The smallest absolute Gasteiger partial charge is 0.174 e. The lowest BCUT2D eigenvalue weighted by atomic mass is 10.1. The summed E-state index contributed by atoms with van der Waals surface area (Å²) >= 11 is 0. The van der Waals surface area contributed by atoms with E-state index in [4.69, 9.17) is 9.26 Å². The van der Waals surface area contributed by atoms with Crippen molar-refractivity contribution >= 4 is 0 Å². The first-order chi connectivity index (χ1) is 8.31. The highest BCUT2D eigenvalue weighted by atomic mass is 16.5. The predicted octanol–water partition coefficient (Wildman–Crippen LogP) is 2.70. The molecular formula is C13H15NO3. The van der Waals surface area contributed by atoms with Crippen LogP contribution >= 0.6 is 0 Å². The maximum absolute atomic E-state index is 9.85. The van der Waals surface area contributed by atoms with Crippen LogP contribution < -0.4 is 4.74 Å². The van der Waals surface area contributed by atoms with Gasteiger partial charge in [0.15, 0.2) is 5.76 Å². The van der Waals surface area contributed by atoms with Gasteiger partial charge < -0.3 is 14.4 Å². The lowest BCUT2D eigenvalue weighted by Gasteiger charge is -2.13. The molecule has 1 heterocycles. The molecule has 0 spiro atoms. The Morgan fingerprint density at radius 3 is 2.88 bits per heavy atom. The monoisotopic (exact) mass is 233 g/mol. The predicted molar refractivity (Wildman–Crippen MR) is 62.5 cm³/mol. The molecular weight excluding hydrogens is 218 g/mol. The van der Waals surface area contributed by atoms with Crippen molar-refractivity contribution in [3.8, 4) is 5.75 Å². The number of ether oxygens (including phenoxy) is 1. The van der Waals surface area contributed by atoms with Crippen LogP contribution in [0.3, 0.4) is 0 Å². The zero-order valence-corrected chi connectivity index (χ0v) is 9.67. The molecule has 0 aliphatic carbocycles. The van der Waals surface area contributed by atoms with E-state index in [-0.39, 0.29) is 0 Å². The summed E-state index contributed by atoms with van der Waals surface area (Å²) in [6.07, 6.45) is 1.73. The van der Waals surface area contributed by atoms with Gasteiger partial charge in [-0.15, -0.1) is 0 Å². The minimum absolute atomic E-state index is 0.313. The van der Waals surface area contributed by atoms with Crippen molar-refractivity contribution in [3.05, 3.63) is 47.9 Å². The molecule has 1 aromatic heterocycles. The van der Waals surface area contributed by atoms with Gasteiger partial charge in [0.1, 0.15) is 12.4 Å². The molecule has 2 aromatic rings. The summed E-state index contributed by atoms with van der Waals surface area (Å²) in [7, 11) is 0. The molecule has 90 valence electrons. The van der Waals surface area contributed by atoms with E-state index in [1.54, 1.807) is 12.3 Å². The van der Waals surface area contributed by atoms with E-state index in [9.17, 15) is 5.11 Å². The van der Waals surface area contributed by atoms with Crippen LogP contribution in [0.5, 0.6) is 5.75 Å². The second-order valence-electron chi connectivity index (χ2n) is 3.73. The van der Waals surface area contributed by atoms with Crippen LogP contribution in [0.2, 0.25) is 0 Å². The van der Waals surface area contributed by atoms with Crippen molar-refractivity contribution in [3.63, 3.8) is 0 Å². The molecule has 0 amide bonds. The molecule has 0 bridgehead atoms. The molecule has 0 radical (unpaired) electrons. The number of aromatic nitrogens is 1. The second-order valence-corrected chi connectivity index (χ2v) is 3.73. The summed E-state index contributed by atoms with van der Waals surface area (Å²) in [5, 5.41) is 13.5. The molecule has 0 unspecified atom stereocenters. The number of hydrogen-bond acceptors (Lipinski definition) is 4. The highest BCUT2D eigenvalue weighted by Crippen LogP contribution is 2.27. The number of aliphatic hydroxyl groups excluding tert-OH is 1. The molecule has 1 N–H and O–H groups in total. The van der Waals surface area contributed by atoms with Gasteiger partial charge in [0.05, 0.1) is 12.3 Å². The topological polar surface area (TPSA) is 55.5 Å². The van der Waals surface area contributed by atoms with Gasteiger partial charge in [0, 0.05) is 11.6 Å². The summed E-state index contributed by atoms with van der Waals surface area (Å²) in [5.74, 6) is 1.34. The van der Waals surface area contributed by atoms with Crippen LogP contribution in [0.1, 0.15) is 30.8 Å². The Bertz CT molecular complexity index is 453. The first kappa shape index (κ1) is 11.7. The third-order valence-corrected chi connectivity index (χ3v) is 2.53. The number of hydrogen-bond donors (Lipinski definition) is 1. The quantitative estimate of drug-likeness (QED) is 0.862. The third-order valence-electron chi connectivity index (χ3n) is 2.53. The number of rotatable bonds is 5. The Hall–Kier alpha value is -1.81. The van der Waals surface area contributed by atoms with Crippen LogP contribution in [0.4, 0.5) is 0 Å². The van der Waals surface area contributed by atoms with Gasteiger partial charge >= 0.3 is 0 Å². The van der Waals surface area contributed by atoms with E-state index in [0.29, 0.717) is 24.5 Å². The Balaban J connectivity index is 2.09. The van der Waals surface area contributed by atoms with Crippen molar-refractivity contribution in [1.29, 1.82) is 0 Å². The maximum atomic E-state index is 9.85. The van der Waals surface area contributed by atoms with Gasteiger partial charge in [0.25, 0.3) is 0 Å². The zero-order valence-electron chi connectivity index (χ0n) is 9.67. The van der Waals surface area contributed by atoms with Crippen LogP contribution in [0.25, 0.3) is 0 Å². The SMILES string of the molecule is CC[C@H](O)c1ccccc1OCc1ccno1.